The van der Waals surface area contributed by atoms with Gasteiger partial charge in [-0.05, 0) is 38.1 Å². The van der Waals surface area contributed by atoms with Crippen LogP contribution in [0.4, 0.5) is 5.69 Å². The van der Waals surface area contributed by atoms with Gasteiger partial charge in [-0.3, -0.25) is 9.78 Å². The number of hydrogen-bond donors (Lipinski definition) is 1. The maximum absolute atomic E-state index is 11.0. The second-order valence-corrected chi connectivity index (χ2v) is 6.39. The monoisotopic (exact) mass is 340 g/mol. The molecule has 0 radical (unpaired) electrons. The third-order valence-electron chi connectivity index (χ3n) is 2.76. The highest BCUT2D eigenvalue weighted by Crippen LogP contribution is 2.40. The minimum Gasteiger partial charge on any atom is -0.326 e. The van der Waals surface area contributed by atoms with E-state index in [1.165, 1.54) is 18.7 Å². The fraction of sp³-hybridized carbons (Fsp3) is 0.200. The molecule has 0 spiro atoms. The number of anilines is 1. The molecule has 1 aromatic heterocycles. The van der Waals surface area contributed by atoms with Crippen LogP contribution in [0.1, 0.15) is 18.3 Å². The van der Waals surface area contributed by atoms with Crippen molar-refractivity contribution in [2.45, 2.75) is 30.6 Å². The van der Waals surface area contributed by atoms with Gasteiger partial charge in [0.2, 0.25) is 5.91 Å². The molecule has 2 aromatic rings. The van der Waals surface area contributed by atoms with E-state index in [9.17, 15) is 4.79 Å². The van der Waals surface area contributed by atoms with Crippen LogP contribution in [0, 0.1) is 13.8 Å². The second kappa shape index (κ2) is 6.69. The van der Waals surface area contributed by atoms with Crippen LogP contribution in [-0.4, -0.2) is 10.9 Å². The molecule has 1 aromatic carbocycles. The molecule has 0 aliphatic rings. The summed E-state index contributed by atoms with van der Waals surface area (Å²) in [6.07, 6.45) is 0. The Bertz CT molecular complexity index is 661. The van der Waals surface area contributed by atoms with Gasteiger partial charge in [-0.2, -0.15) is 0 Å². The van der Waals surface area contributed by atoms with E-state index < -0.39 is 0 Å². The lowest BCUT2D eigenvalue weighted by atomic mass is 10.3. The third-order valence-corrected chi connectivity index (χ3v) is 5.03. The van der Waals surface area contributed by atoms with Gasteiger partial charge in [-0.25, -0.2) is 0 Å². The molecular weight excluding hydrogens is 327 g/mol. The van der Waals surface area contributed by atoms with Crippen molar-refractivity contribution < 1.29 is 4.79 Å². The largest absolute Gasteiger partial charge is 0.326 e. The minimum absolute atomic E-state index is 0.0955. The van der Waals surface area contributed by atoms with Crippen molar-refractivity contribution >= 4 is 46.6 Å². The van der Waals surface area contributed by atoms with Crippen molar-refractivity contribution in [3.8, 4) is 0 Å². The lowest BCUT2D eigenvalue weighted by Gasteiger charge is -2.11. The van der Waals surface area contributed by atoms with Gasteiger partial charge in [0.15, 0.2) is 0 Å². The highest BCUT2D eigenvalue weighted by atomic mass is 35.5. The highest BCUT2D eigenvalue weighted by Gasteiger charge is 2.14. The highest BCUT2D eigenvalue weighted by molar-refractivity contribution is 7.99. The van der Waals surface area contributed by atoms with Crippen molar-refractivity contribution in [3.05, 3.63) is 45.7 Å². The lowest BCUT2D eigenvalue weighted by molar-refractivity contribution is -0.114. The molecule has 0 aliphatic heterocycles. The topological polar surface area (TPSA) is 42.0 Å². The van der Waals surface area contributed by atoms with E-state index in [0.717, 1.165) is 26.9 Å². The first-order valence-electron chi connectivity index (χ1n) is 6.26. The Kier molecular flexibility index (Phi) is 5.14. The number of amides is 1. The summed E-state index contributed by atoms with van der Waals surface area (Å²) >= 11 is 14.1. The van der Waals surface area contributed by atoms with Gasteiger partial charge in [0.05, 0.1) is 26.3 Å². The van der Waals surface area contributed by atoms with Crippen LogP contribution in [0.3, 0.4) is 0 Å². The number of rotatable bonds is 3. The average molecular weight is 341 g/mol. The van der Waals surface area contributed by atoms with Crippen molar-refractivity contribution in [2.24, 2.45) is 0 Å². The summed E-state index contributed by atoms with van der Waals surface area (Å²) in [7, 11) is 0. The molecule has 2 rings (SSSR count). The molecule has 0 atom stereocenters. The lowest BCUT2D eigenvalue weighted by Crippen LogP contribution is -2.05. The van der Waals surface area contributed by atoms with E-state index in [-0.39, 0.29) is 5.91 Å². The Balaban J connectivity index is 2.28. The predicted molar refractivity (Wildman–Crippen MR) is 88.6 cm³/mol. The Morgan fingerprint density at radius 2 is 1.62 bits per heavy atom. The molecule has 0 aliphatic carbocycles. The van der Waals surface area contributed by atoms with Crippen LogP contribution in [0.2, 0.25) is 10.0 Å². The molecule has 3 nitrogen and oxygen atoms in total. The van der Waals surface area contributed by atoms with E-state index in [2.05, 4.69) is 10.3 Å². The van der Waals surface area contributed by atoms with E-state index in [1.54, 1.807) is 0 Å². The van der Waals surface area contributed by atoms with Crippen molar-refractivity contribution in [1.82, 2.24) is 4.98 Å². The first-order chi connectivity index (χ1) is 9.88. The zero-order valence-corrected chi connectivity index (χ0v) is 14.2. The molecule has 0 bridgehead atoms. The van der Waals surface area contributed by atoms with Gasteiger partial charge >= 0.3 is 0 Å². The Morgan fingerprint density at radius 1 is 1.10 bits per heavy atom. The fourth-order valence-corrected chi connectivity index (χ4v) is 3.33. The maximum Gasteiger partial charge on any atom is 0.221 e. The number of carbonyl (C=O) groups is 1. The summed E-state index contributed by atoms with van der Waals surface area (Å²) in [5.74, 6) is -0.0955. The number of pyridine rings is 1. The first-order valence-corrected chi connectivity index (χ1v) is 7.83. The van der Waals surface area contributed by atoms with Crippen LogP contribution in [-0.2, 0) is 4.79 Å². The molecule has 1 heterocycles. The fourth-order valence-electron chi connectivity index (χ4n) is 1.79. The molecule has 0 saturated carbocycles. The quantitative estimate of drug-likeness (QED) is 0.843. The zero-order valence-electron chi connectivity index (χ0n) is 11.8. The van der Waals surface area contributed by atoms with Crippen LogP contribution >= 0.6 is 35.0 Å². The molecule has 1 amide bonds. The molecule has 21 heavy (non-hydrogen) atoms. The van der Waals surface area contributed by atoms with E-state index in [1.807, 2.05) is 38.1 Å². The molecule has 1 N–H and O–H groups in total. The van der Waals surface area contributed by atoms with E-state index in [0.29, 0.717) is 10.0 Å². The number of hydrogen-bond acceptors (Lipinski definition) is 3. The summed E-state index contributed by atoms with van der Waals surface area (Å²) in [6, 6.07) is 7.50. The van der Waals surface area contributed by atoms with Crippen LogP contribution in [0.25, 0.3) is 0 Å². The van der Waals surface area contributed by atoms with E-state index >= 15 is 0 Å². The molecular formula is C15H14Cl2N2OS. The number of nitrogens with one attached hydrogen (secondary N) is 1. The number of carbonyl (C=O) groups excluding carboxylic acids is 1. The first kappa shape index (κ1) is 16.1. The molecule has 0 unspecified atom stereocenters. The number of aromatic nitrogens is 1. The van der Waals surface area contributed by atoms with Crippen LogP contribution < -0.4 is 5.32 Å². The molecule has 110 valence electrons. The standard InChI is InChI=1S/C15H14Cl2N2OS/c1-8-13(16)15(14(17)9(2)18-8)21-12-6-4-11(5-7-12)19-10(3)20/h4-7H,1-3H3,(H,19,20). The third kappa shape index (κ3) is 3.90. The van der Waals surface area contributed by atoms with Crippen LogP contribution in [0.15, 0.2) is 34.1 Å². The normalized spacial score (nSPS) is 10.5. The summed E-state index contributed by atoms with van der Waals surface area (Å²) in [4.78, 5) is 17.1. The Morgan fingerprint density at radius 3 is 2.10 bits per heavy atom. The average Bonchev–Trinajstić information content (AvgIpc) is 2.43. The van der Waals surface area contributed by atoms with Gasteiger partial charge < -0.3 is 5.32 Å². The molecule has 0 fully saturated rings. The SMILES string of the molecule is CC(=O)Nc1ccc(Sc2c(Cl)c(C)nc(C)c2Cl)cc1. The number of halogens is 2. The minimum atomic E-state index is -0.0955. The number of aryl methyl sites for hydroxylation is 2. The molecule has 6 heteroatoms. The number of benzene rings is 1. The predicted octanol–water partition coefficient (Wildman–Crippen LogP) is 5.11. The van der Waals surface area contributed by atoms with E-state index in [4.69, 9.17) is 23.2 Å². The Labute approximate surface area is 138 Å². The summed E-state index contributed by atoms with van der Waals surface area (Å²) in [5.41, 5.74) is 2.28. The summed E-state index contributed by atoms with van der Waals surface area (Å²) in [6.45, 7) is 5.19. The summed E-state index contributed by atoms with van der Waals surface area (Å²) < 4.78 is 0. The zero-order chi connectivity index (χ0) is 15.6. The Hall–Kier alpha value is -1.23. The van der Waals surface area contributed by atoms with Gasteiger partial charge in [0.25, 0.3) is 0 Å². The van der Waals surface area contributed by atoms with Crippen molar-refractivity contribution in [3.63, 3.8) is 0 Å². The van der Waals surface area contributed by atoms with Gasteiger partial charge in [-0.15, -0.1) is 0 Å². The van der Waals surface area contributed by atoms with Crippen molar-refractivity contribution in [2.75, 3.05) is 5.32 Å². The summed E-state index contributed by atoms with van der Waals surface area (Å²) in [5, 5.41) is 3.87. The molecule has 0 saturated heterocycles. The smallest absolute Gasteiger partial charge is 0.221 e. The van der Waals surface area contributed by atoms with Gasteiger partial charge in [0, 0.05) is 17.5 Å². The van der Waals surface area contributed by atoms with Crippen molar-refractivity contribution in [1.29, 1.82) is 0 Å². The maximum atomic E-state index is 11.0. The van der Waals surface area contributed by atoms with Gasteiger partial charge in [0.1, 0.15) is 0 Å². The van der Waals surface area contributed by atoms with Crippen LogP contribution in [0.5, 0.6) is 0 Å². The van der Waals surface area contributed by atoms with Gasteiger partial charge in [-0.1, -0.05) is 35.0 Å². The second-order valence-electron chi connectivity index (χ2n) is 4.55. The number of nitrogens with zero attached hydrogens (tertiary/aromatic N) is 1.